The summed E-state index contributed by atoms with van der Waals surface area (Å²) in [6.07, 6.45) is 1.16. The number of sulfonamides is 1. The van der Waals surface area contributed by atoms with E-state index in [4.69, 9.17) is 5.26 Å². The number of nitriles is 1. The van der Waals surface area contributed by atoms with Crippen LogP contribution >= 0.6 is 0 Å². The molecule has 102 valence electrons. The van der Waals surface area contributed by atoms with E-state index in [1.54, 1.807) is 6.92 Å². The monoisotopic (exact) mass is 284 g/mol. The minimum absolute atomic E-state index is 0.229. The molecule has 0 aliphatic heterocycles. The molecule has 1 aromatic heterocycles. The summed E-state index contributed by atoms with van der Waals surface area (Å²) in [6, 6.07) is 3.93. The van der Waals surface area contributed by atoms with Gasteiger partial charge in [-0.25, -0.2) is 8.42 Å². The van der Waals surface area contributed by atoms with E-state index in [0.29, 0.717) is 0 Å². The van der Waals surface area contributed by atoms with Crippen molar-refractivity contribution in [2.24, 2.45) is 0 Å². The van der Waals surface area contributed by atoms with Gasteiger partial charge in [-0.2, -0.15) is 9.98 Å². The van der Waals surface area contributed by atoms with Gasteiger partial charge >= 0.3 is 5.82 Å². The number of pyridine rings is 1. The highest BCUT2D eigenvalue weighted by Gasteiger charge is 2.29. The maximum absolute atomic E-state index is 12.0. The van der Waals surface area contributed by atoms with Crippen molar-refractivity contribution in [3.05, 3.63) is 28.4 Å². The molecule has 1 N–H and O–H groups in total. The van der Waals surface area contributed by atoms with Gasteiger partial charge in [0.1, 0.15) is 10.4 Å². The highest BCUT2D eigenvalue weighted by molar-refractivity contribution is 7.89. The molecule has 0 saturated heterocycles. The minimum atomic E-state index is -3.94. The first-order chi connectivity index (χ1) is 8.74. The second-order valence-electron chi connectivity index (χ2n) is 4.01. The Kier molecular flexibility index (Phi) is 4.18. The lowest BCUT2D eigenvalue weighted by Gasteiger charge is -2.20. The van der Waals surface area contributed by atoms with Crippen molar-refractivity contribution in [2.75, 3.05) is 0 Å². The van der Waals surface area contributed by atoms with Crippen LogP contribution < -0.4 is 4.72 Å². The van der Waals surface area contributed by atoms with E-state index in [1.165, 1.54) is 6.92 Å². The summed E-state index contributed by atoms with van der Waals surface area (Å²) in [5.41, 5.74) is -1.24. The Labute approximate surface area is 110 Å². The van der Waals surface area contributed by atoms with Crippen molar-refractivity contribution in [3.63, 3.8) is 0 Å². The minimum Gasteiger partial charge on any atom is -0.358 e. The Balaban J connectivity index is 3.08. The maximum Gasteiger partial charge on any atom is 0.363 e. The second-order valence-corrected chi connectivity index (χ2v) is 5.69. The lowest BCUT2D eigenvalue weighted by Crippen LogP contribution is -2.44. The molecule has 1 atom stereocenters. The number of rotatable bonds is 5. The van der Waals surface area contributed by atoms with Crippen molar-refractivity contribution in [3.8, 4) is 6.07 Å². The third-order valence-electron chi connectivity index (χ3n) is 2.53. The normalized spacial score (nSPS) is 14.4. The largest absolute Gasteiger partial charge is 0.363 e. The van der Waals surface area contributed by atoms with Gasteiger partial charge in [0.2, 0.25) is 10.0 Å². The third-order valence-corrected chi connectivity index (χ3v) is 4.11. The predicted molar refractivity (Wildman–Crippen MR) is 65.5 cm³/mol. The van der Waals surface area contributed by atoms with Crippen LogP contribution in [-0.4, -0.2) is 23.9 Å². The fourth-order valence-corrected chi connectivity index (χ4v) is 2.51. The molecule has 0 spiro atoms. The number of nitrogens with one attached hydrogen (secondary N) is 1. The average Bonchev–Trinajstić information content (AvgIpc) is 2.38. The van der Waals surface area contributed by atoms with Crippen LogP contribution in [0.1, 0.15) is 20.3 Å². The van der Waals surface area contributed by atoms with Crippen LogP contribution in [0.5, 0.6) is 0 Å². The molecule has 1 unspecified atom stereocenters. The molecule has 1 rings (SSSR count). The summed E-state index contributed by atoms with van der Waals surface area (Å²) in [6.45, 7) is 3.11. The molecule has 0 aliphatic rings. The Hall–Kier alpha value is -2.05. The van der Waals surface area contributed by atoms with Gasteiger partial charge in [-0.15, -0.1) is 0 Å². The molecule has 19 heavy (non-hydrogen) atoms. The molecule has 1 aromatic rings. The summed E-state index contributed by atoms with van der Waals surface area (Å²) in [5, 5.41) is 19.3. The Morgan fingerprint density at radius 2 is 2.21 bits per heavy atom. The first kappa shape index (κ1) is 15.0. The summed E-state index contributed by atoms with van der Waals surface area (Å²) < 4.78 is 26.2. The van der Waals surface area contributed by atoms with Gasteiger partial charge in [-0.3, -0.25) is 0 Å². The first-order valence-corrected chi connectivity index (χ1v) is 6.78. The zero-order valence-electron chi connectivity index (χ0n) is 10.3. The topological polar surface area (TPSA) is 126 Å². The van der Waals surface area contributed by atoms with Crippen LogP contribution in [-0.2, 0) is 10.0 Å². The van der Waals surface area contributed by atoms with Gasteiger partial charge in [-0.05, 0) is 29.3 Å². The summed E-state index contributed by atoms with van der Waals surface area (Å²) in [7, 11) is -3.94. The van der Waals surface area contributed by atoms with Crippen molar-refractivity contribution in [1.82, 2.24) is 9.71 Å². The fraction of sp³-hybridized carbons (Fsp3) is 0.400. The zero-order valence-corrected chi connectivity index (χ0v) is 11.1. The highest BCUT2D eigenvalue weighted by atomic mass is 32.2. The first-order valence-electron chi connectivity index (χ1n) is 5.30. The smallest absolute Gasteiger partial charge is 0.358 e. The molecular formula is C10H12N4O4S. The highest BCUT2D eigenvalue weighted by Crippen LogP contribution is 2.16. The molecule has 0 bridgehead atoms. The van der Waals surface area contributed by atoms with Gasteiger partial charge < -0.3 is 10.1 Å². The van der Waals surface area contributed by atoms with Crippen molar-refractivity contribution >= 4 is 15.8 Å². The van der Waals surface area contributed by atoms with Crippen LogP contribution in [0.3, 0.4) is 0 Å². The fourth-order valence-electron chi connectivity index (χ4n) is 1.17. The molecule has 0 aromatic carbocycles. The lowest BCUT2D eigenvalue weighted by atomic mass is 10.0. The van der Waals surface area contributed by atoms with Gasteiger partial charge in [0.05, 0.1) is 6.07 Å². The molecule has 9 heteroatoms. The van der Waals surface area contributed by atoms with E-state index >= 15 is 0 Å². The van der Waals surface area contributed by atoms with Crippen LogP contribution in [0.25, 0.3) is 0 Å². The summed E-state index contributed by atoms with van der Waals surface area (Å²) in [5.74, 6) is -0.447. The third kappa shape index (κ3) is 3.46. The molecule has 0 radical (unpaired) electrons. The Morgan fingerprint density at radius 1 is 1.58 bits per heavy atom. The second kappa shape index (κ2) is 5.29. The number of hydrogen-bond acceptors (Lipinski definition) is 6. The molecule has 0 amide bonds. The van der Waals surface area contributed by atoms with Crippen LogP contribution in [0, 0.1) is 21.4 Å². The molecule has 8 nitrogen and oxygen atoms in total. The molecule has 1 heterocycles. The van der Waals surface area contributed by atoms with Crippen LogP contribution in [0.2, 0.25) is 0 Å². The van der Waals surface area contributed by atoms with E-state index in [0.717, 1.165) is 18.3 Å². The number of hydrogen-bond donors (Lipinski definition) is 1. The maximum atomic E-state index is 12.0. The summed E-state index contributed by atoms with van der Waals surface area (Å²) >= 11 is 0. The molecular weight excluding hydrogens is 272 g/mol. The predicted octanol–water partition coefficient (Wildman–Crippen LogP) is 0.960. The number of aromatic nitrogens is 1. The van der Waals surface area contributed by atoms with Crippen molar-refractivity contribution < 1.29 is 13.3 Å². The Bertz CT molecular complexity index is 620. The molecule has 0 fully saturated rings. The van der Waals surface area contributed by atoms with Gasteiger partial charge in [-0.1, -0.05) is 6.92 Å². The van der Waals surface area contributed by atoms with E-state index in [-0.39, 0.29) is 11.3 Å². The molecule has 0 aliphatic carbocycles. The lowest BCUT2D eigenvalue weighted by molar-refractivity contribution is -0.389. The van der Waals surface area contributed by atoms with E-state index in [9.17, 15) is 18.5 Å². The molecule has 0 saturated carbocycles. The number of nitrogens with zero attached hydrogens (tertiary/aromatic N) is 3. The Morgan fingerprint density at radius 3 is 2.58 bits per heavy atom. The van der Waals surface area contributed by atoms with Crippen LogP contribution in [0.15, 0.2) is 23.2 Å². The van der Waals surface area contributed by atoms with Gasteiger partial charge in [0.25, 0.3) is 0 Å². The van der Waals surface area contributed by atoms with Crippen LogP contribution in [0.4, 0.5) is 5.82 Å². The standard InChI is InChI=1S/C10H12N4O4S/c1-3-10(2,7-11)13-19(17,18)8-4-5-9(12-6-8)14(15)16/h4-6,13H,3H2,1-2H3. The quantitative estimate of drug-likeness (QED) is 0.633. The number of nitro groups is 1. The summed E-state index contributed by atoms with van der Waals surface area (Å²) in [4.78, 5) is 12.9. The van der Waals surface area contributed by atoms with E-state index in [2.05, 4.69) is 9.71 Å². The van der Waals surface area contributed by atoms with Gasteiger partial charge in [0, 0.05) is 6.07 Å². The SMILES string of the molecule is CCC(C)(C#N)NS(=O)(=O)c1ccc([N+](=O)[O-])nc1. The van der Waals surface area contributed by atoms with E-state index < -0.39 is 26.3 Å². The van der Waals surface area contributed by atoms with Crippen molar-refractivity contribution in [2.45, 2.75) is 30.7 Å². The average molecular weight is 284 g/mol. The van der Waals surface area contributed by atoms with Crippen molar-refractivity contribution in [1.29, 1.82) is 5.26 Å². The van der Waals surface area contributed by atoms with Gasteiger partial charge in [0.15, 0.2) is 6.20 Å². The zero-order chi connectivity index (χ0) is 14.7. The van der Waals surface area contributed by atoms with E-state index in [1.807, 2.05) is 6.07 Å².